The molecule has 0 spiro atoms. The highest BCUT2D eigenvalue weighted by atomic mass is 32.2. The van der Waals surface area contributed by atoms with Crippen molar-refractivity contribution >= 4 is 20.0 Å². The Morgan fingerprint density at radius 1 is 0.567 bits per heavy atom. The maximum atomic E-state index is 13.0. The number of rotatable bonds is 6. The molecule has 0 aromatic carbocycles. The van der Waals surface area contributed by atoms with Crippen molar-refractivity contribution in [3.8, 4) is 0 Å². The van der Waals surface area contributed by atoms with Gasteiger partial charge in [0.2, 0.25) is 20.0 Å². The van der Waals surface area contributed by atoms with Crippen LogP contribution >= 0.6 is 0 Å². The Morgan fingerprint density at radius 2 is 0.833 bits per heavy atom. The van der Waals surface area contributed by atoms with E-state index in [1.807, 2.05) is 12.2 Å². The molecule has 8 heteroatoms. The molecule has 30 heavy (non-hydrogen) atoms. The summed E-state index contributed by atoms with van der Waals surface area (Å²) in [5.74, 6) is 0. The number of hydrogen-bond acceptors (Lipinski definition) is 4. The fraction of sp³-hybridized carbons (Fsp3) is 0.909. The van der Waals surface area contributed by atoms with Crippen LogP contribution in [0.2, 0.25) is 0 Å². The lowest BCUT2D eigenvalue weighted by molar-refractivity contribution is 0.307. The van der Waals surface area contributed by atoms with Crippen molar-refractivity contribution in [2.24, 2.45) is 0 Å². The molecular weight excluding hydrogens is 420 g/mol. The Morgan fingerprint density at radius 3 is 1.07 bits per heavy atom. The second-order valence-electron chi connectivity index (χ2n) is 11.2. The van der Waals surface area contributed by atoms with Crippen molar-refractivity contribution in [2.45, 2.75) is 126 Å². The minimum Gasteiger partial charge on any atom is -0.212 e. The van der Waals surface area contributed by atoms with Crippen LogP contribution in [0.5, 0.6) is 0 Å². The van der Waals surface area contributed by atoms with Crippen LogP contribution < -0.4 is 9.44 Å². The molecule has 0 atom stereocenters. The summed E-state index contributed by atoms with van der Waals surface area (Å²) in [4.78, 5) is 0. The highest BCUT2D eigenvalue weighted by Gasteiger charge is 2.42. The first-order chi connectivity index (χ1) is 13.5. The Hall–Kier alpha value is -0.440. The average Bonchev–Trinajstić information content (AvgIpc) is 2.59. The summed E-state index contributed by atoms with van der Waals surface area (Å²) >= 11 is 0. The summed E-state index contributed by atoms with van der Waals surface area (Å²) in [5, 5.41) is 0. The third kappa shape index (κ3) is 6.08. The Kier molecular flexibility index (Phi) is 7.60. The van der Waals surface area contributed by atoms with E-state index in [9.17, 15) is 16.8 Å². The van der Waals surface area contributed by atoms with Crippen LogP contribution in [0.25, 0.3) is 0 Å². The van der Waals surface area contributed by atoms with Crippen LogP contribution in [-0.2, 0) is 20.0 Å². The summed E-state index contributed by atoms with van der Waals surface area (Å²) < 4.78 is 56.1. The van der Waals surface area contributed by atoms with Crippen molar-refractivity contribution in [2.75, 3.05) is 0 Å². The normalized spacial score (nSPS) is 23.5. The molecule has 2 N–H and O–H groups in total. The molecule has 2 fully saturated rings. The van der Waals surface area contributed by atoms with Crippen LogP contribution in [0.4, 0.5) is 0 Å². The smallest absolute Gasteiger partial charge is 0.212 e. The van der Waals surface area contributed by atoms with E-state index in [0.717, 1.165) is 64.2 Å². The third-order valence-electron chi connectivity index (χ3n) is 6.50. The van der Waals surface area contributed by atoms with Gasteiger partial charge in [-0.25, -0.2) is 26.3 Å². The molecule has 2 aliphatic rings. The molecule has 0 bridgehead atoms. The molecular formula is C22H42N2O4S2. The lowest BCUT2D eigenvalue weighted by atomic mass is 9.78. The van der Waals surface area contributed by atoms with Gasteiger partial charge < -0.3 is 0 Å². The predicted octanol–water partition coefficient (Wildman–Crippen LogP) is 4.38. The molecule has 0 aromatic rings. The summed E-state index contributed by atoms with van der Waals surface area (Å²) in [6.07, 6.45) is 12.9. The topological polar surface area (TPSA) is 92.3 Å². The molecule has 0 aliphatic heterocycles. The number of sulfonamides is 2. The molecule has 6 nitrogen and oxygen atoms in total. The first-order valence-corrected chi connectivity index (χ1v) is 14.3. The van der Waals surface area contributed by atoms with Crippen LogP contribution in [0.15, 0.2) is 12.2 Å². The molecule has 0 amide bonds. The first kappa shape index (κ1) is 25.8. The Balaban J connectivity index is 2.41. The van der Waals surface area contributed by atoms with Gasteiger partial charge in [-0.05, 0) is 67.2 Å². The van der Waals surface area contributed by atoms with Gasteiger partial charge in [0, 0.05) is 0 Å². The Labute approximate surface area is 184 Å². The minimum atomic E-state index is -3.53. The number of nitrogens with one attached hydrogen (secondary N) is 2. The minimum absolute atomic E-state index is 0.651. The van der Waals surface area contributed by atoms with Gasteiger partial charge in [0.15, 0.2) is 0 Å². The van der Waals surface area contributed by atoms with E-state index >= 15 is 0 Å². The van der Waals surface area contributed by atoms with Crippen molar-refractivity contribution in [3.05, 3.63) is 12.2 Å². The number of hydrogen-bond donors (Lipinski definition) is 2. The standard InChI is InChI=1S/C22H42N2O4S2/c1-19(2,3)29(25,26)23-21(13-9-7-10-14-21)17-18-22(15-11-8-12-16-22)24-30(27,28)20(4,5)6/h17-18,23-24H,7-16H2,1-6H3/b18-17+. The summed E-state index contributed by atoms with van der Waals surface area (Å²) in [6, 6.07) is 0. The lowest BCUT2D eigenvalue weighted by Gasteiger charge is -2.41. The monoisotopic (exact) mass is 462 g/mol. The predicted molar refractivity (Wildman–Crippen MR) is 124 cm³/mol. The van der Waals surface area contributed by atoms with E-state index in [4.69, 9.17) is 0 Å². The SMILES string of the molecule is CC(C)(C)S(=O)(=O)NC1(/C=C/C2(NS(=O)(=O)C(C)(C)C)CCCCC2)CCCCC1. The molecule has 2 rings (SSSR count). The van der Waals surface area contributed by atoms with Crippen LogP contribution in [0.3, 0.4) is 0 Å². The zero-order valence-corrected chi connectivity index (χ0v) is 21.3. The molecule has 2 aliphatic carbocycles. The highest BCUT2D eigenvalue weighted by Crippen LogP contribution is 2.36. The highest BCUT2D eigenvalue weighted by molar-refractivity contribution is 7.91. The quantitative estimate of drug-likeness (QED) is 0.573. The lowest BCUT2D eigenvalue weighted by Crippen LogP contribution is -2.55. The van der Waals surface area contributed by atoms with Gasteiger partial charge in [0.25, 0.3) is 0 Å². The Bertz CT molecular complexity index is 749. The van der Waals surface area contributed by atoms with Crippen LogP contribution in [0, 0.1) is 0 Å². The van der Waals surface area contributed by atoms with Gasteiger partial charge in [-0.3, -0.25) is 0 Å². The fourth-order valence-corrected chi connectivity index (χ4v) is 6.36. The zero-order chi connectivity index (χ0) is 22.9. The van der Waals surface area contributed by atoms with Gasteiger partial charge in [0.05, 0.1) is 20.6 Å². The maximum Gasteiger partial charge on any atom is 0.217 e. The van der Waals surface area contributed by atoms with E-state index < -0.39 is 40.6 Å². The van der Waals surface area contributed by atoms with Crippen LogP contribution in [-0.4, -0.2) is 37.4 Å². The molecule has 2 saturated carbocycles. The van der Waals surface area contributed by atoms with Gasteiger partial charge in [-0.2, -0.15) is 0 Å². The summed E-state index contributed by atoms with van der Waals surface area (Å²) in [6.45, 7) is 10.2. The third-order valence-corrected chi connectivity index (χ3v) is 11.1. The van der Waals surface area contributed by atoms with E-state index in [1.54, 1.807) is 41.5 Å². The van der Waals surface area contributed by atoms with Gasteiger partial charge >= 0.3 is 0 Å². The zero-order valence-electron chi connectivity index (χ0n) is 19.7. The first-order valence-electron chi connectivity index (χ1n) is 11.3. The average molecular weight is 463 g/mol. The van der Waals surface area contributed by atoms with Crippen molar-refractivity contribution < 1.29 is 16.8 Å². The van der Waals surface area contributed by atoms with Gasteiger partial charge in [-0.15, -0.1) is 0 Å². The largest absolute Gasteiger partial charge is 0.217 e. The van der Waals surface area contributed by atoms with Crippen molar-refractivity contribution in [1.82, 2.24) is 9.44 Å². The van der Waals surface area contributed by atoms with Crippen LogP contribution in [0.1, 0.15) is 106 Å². The molecule has 0 radical (unpaired) electrons. The maximum absolute atomic E-state index is 13.0. The van der Waals surface area contributed by atoms with E-state index in [0.29, 0.717) is 0 Å². The molecule has 176 valence electrons. The van der Waals surface area contributed by atoms with Crippen molar-refractivity contribution in [3.63, 3.8) is 0 Å². The molecule has 0 unspecified atom stereocenters. The second kappa shape index (κ2) is 8.83. The second-order valence-corrected chi connectivity index (χ2v) is 16.1. The van der Waals surface area contributed by atoms with Gasteiger partial charge in [0.1, 0.15) is 0 Å². The summed E-state index contributed by atoms with van der Waals surface area (Å²) in [5.41, 5.74) is -1.30. The van der Waals surface area contributed by atoms with Crippen molar-refractivity contribution in [1.29, 1.82) is 0 Å². The van der Waals surface area contributed by atoms with E-state index in [1.165, 1.54) is 0 Å². The fourth-order valence-electron chi connectivity index (χ4n) is 4.13. The molecule has 0 aromatic heterocycles. The van der Waals surface area contributed by atoms with E-state index in [2.05, 4.69) is 9.44 Å². The van der Waals surface area contributed by atoms with Gasteiger partial charge in [-0.1, -0.05) is 50.7 Å². The summed E-state index contributed by atoms with van der Waals surface area (Å²) in [7, 11) is -7.05. The molecule has 0 saturated heterocycles. The van der Waals surface area contributed by atoms with E-state index in [-0.39, 0.29) is 0 Å². The molecule has 0 heterocycles.